The topological polar surface area (TPSA) is 65.4 Å². The van der Waals surface area contributed by atoms with Gasteiger partial charge in [0, 0.05) is 23.5 Å². The van der Waals surface area contributed by atoms with E-state index in [1.165, 1.54) is 11.8 Å². The van der Waals surface area contributed by atoms with E-state index in [-0.39, 0.29) is 0 Å². The highest BCUT2D eigenvalue weighted by atomic mass is 35.5. The Morgan fingerprint density at radius 2 is 1.88 bits per heavy atom. The minimum Gasteiger partial charge on any atom is -0.353 e. The first-order valence-electron chi connectivity index (χ1n) is 7.31. The van der Waals surface area contributed by atoms with Crippen LogP contribution in [0.2, 0.25) is 5.02 Å². The minimum absolute atomic E-state index is 0.588. The van der Waals surface area contributed by atoms with Crippen molar-refractivity contribution < 1.29 is 0 Å². The number of benzene rings is 1. The maximum absolute atomic E-state index is 9.61. The van der Waals surface area contributed by atoms with Crippen molar-refractivity contribution in [2.24, 2.45) is 0 Å². The zero-order valence-electron chi connectivity index (χ0n) is 13.5. The maximum Gasteiger partial charge on any atom is 0.187 e. The third-order valence-corrected chi connectivity index (χ3v) is 4.82. The molecule has 4 nitrogen and oxygen atoms in total. The molecule has 0 saturated carbocycles. The molecule has 1 aromatic carbocycles. The van der Waals surface area contributed by atoms with Gasteiger partial charge in [0.25, 0.3) is 0 Å². The van der Waals surface area contributed by atoms with Gasteiger partial charge in [-0.1, -0.05) is 35.5 Å². The van der Waals surface area contributed by atoms with Gasteiger partial charge in [-0.15, -0.1) is 0 Å². The van der Waals surface area contributed by atoms with Crippen LogP contribution in [0, 0.1) is 25.2 Å². The van der Waals surface area contributed by atoms with Crippen LogP contribution in [-0.4, -0.2) is 21.2 Å². The predicted molar refractivity (Wildman–Crippen MR) is 98.2 cm³/mol. The summed E-state index contributed by atoms with van der Waals surface area (Å²) >= 11 is 7.87. The standard InChI is InChI=1S/C18H15ClN4S/c1-10-5-4-6-14(19)15(10)16-11(2)13(7-20)17(23-16)12-8-21-18(24-3)22-9-12/h4-6,8-9,23H,1-3H3. The molecule has 3 rings (SSSR count). The van der Waals surface area contributed by atoms with Crippen LogP contribution in [0.4, 0.5) is 0 Å². The Labute approximate surface area is 149 Å². The molecule has 0 unspecified atom stereocenters. The summed E-state index contributed by atoms with van der Waals surface area (Å²) in [4.78, 5) is 11.9. The number of thioether (sulfide) groups is 1. The summed E-state index contributed by atoms with van der Waals surface area (Å²) in [7, 11) is 0. The highest BCUT2D eigenvalue weighted by Gasteiger charge is 2.19. The van der Waals surface area contributed by atoms with E-state index in [4.69, 9.17) is 11.6 Å². The fourth-order valence-electron chi connectivity index (χ4n) is 2.70. The molecule has 0 aliphatic carbocycles. The van der Waals surface area contributed by atoms with Crippen molar-refractivity contribution >= 4 is 23.4 Å². The Bertz CT molecular complexity index is 919. The van der Waals surface area contributed by atoms with Crippen LogP contribution in [0.3, 0.4) is 0 Å². The van der Waals surface area contributed by atoms with Crippen LogP contribution in [0.5, 0.6) is 0 Å². The molecule has 0 bridgehead atoms. The Morgan fingerprint density at radius 3 is 2.46 bits per heavy atom. The summed E-state index contributed by atoms with van der Waals surface area (Å²) in [5.41, 5.74) is 5.79. The molecule has 0 saturated heterocycles. The van der Waals surface area contributed by atoms with E-state index in [9.17, 15) is 5.26 Å². The van der Waals surface area contributed by atoms with Gasteiger partial charge in [-0.05, 0) is 37.3 Å². The lowest BCUT2D eigenvalue weighted by Crippen LogP contribution is -1.89. The first-order chi connectivity index (χ1) is 11.6. The number of hydrogen-bond acceptors (Lipinski definition) is 4. The van der Waals surface area contributed by atoms with E-state index in [1.54, 1.807) is 12.4 Å². The zero-order chi connectivity index (χ0) is 17.3. The van der Waals surface area contributed by atoms with Gasteiger partial charge in [0.05, 0.1) is 22.0 Å². The molecule has 0 amide bonds. The lowest BCUT2D eigenvalue weighted by Gasteiger charge is -2.07. The first kappa shape index (κ1) is 16.6. The number of aromatic nitrogens is 3. The molecule has 0 aliphatic heterocycles. The fraction of sp³-hybridized carbons (Fsp3) is 0.167. The summed E-state index contributed by atoms with van der Waals surface area (Å²) in [6.07, 6.45) is 5.38. The lowest BCUT2D eigenvalue weighted by atomic mass is 10.0. The first-order valence-corrected chi connectivity index (χ1v) is 8.91. The number of aromatic amines is 1. The number of nitriles is 1. The monoisotopic (exact) mass is 354 g/mol. The Balaban J connectivity index is 2.21. The van der Waals surface area contributed by atoms with Gasteiger partial charge in [0.15, 0.2) is 5.16 Å². The average molecular weight is 355 g/mol. The number of nitrogens with one attached hydrogen (secondary N) is 1. The number of halogens is 1. The largest absolute Gasteiger partial charge is 0.353 e. The molecule has 2 aromatic heterocycles. The molecule has 24 heavy (non-hydrogen) atoms. The number of aryl methyl sites for hydroxylation is 1. The van der Waals surface area contributed by atoms with Crippen molar-refractivity contribution in [2.45, 2.75) is 19.0 Å². The second-order valence-electron chi connectivity index (χ2n) is 5.38. The Morgan fingerprint density at radius 1 is 1.17 bits per heavy atom. The van der Waals surface area contributed by atoms with Crippen molar-refractivity contribution in [3.8, 4) is 28.6 Å². The van der Waals surface area contributed by atoms with Crippen molar-refractivity contribution in [2.75, 3.05) is 6.26 Å². The average Bonchev–Trinajstić information content (AvgIpc) is 2.91. The molecule has 0 atom stereocenters. The molecule has 3 aromatic rings. The van der Waals surface area contributed by atoms with Crippen molar-refractivity contribution in [3.05, 3.63) is 52.3 Å². The molecular weight excluding hydrogens is 340 g/mol. The molecule has 6 heteroatoms. The van der Waals surface area contributed by atoms with Crippen LogP contribution in [0.25, 0.3) is 22.5 Å². The van der Waals surface area contributed by atoms with Gasteiger partial charge in [-0.25, -0.2) is 9.97 Å². The summed E-state index contributed by atoms with van der Waals surface area (Å²) in [6, 6.07) is 8.06. The third-order valence-electron chi connectivity index (χ3n) is 3.93. The van der Waals surface area contributed by atoms with Gasteiger partial charge >= 0.3 is 0 Å². The second kappa shape index (κ2) is 6.68. The minimum atomic E-state index is 0.588. The molecule has 0 radical (unpaired) electrons. The predicted octanol–water partition coefficient (Wildman–Crippen LogP) is 5.00. The van der Waals surface area contributed by atoms with E-state index in [0.29, 0.717) is 15.7 Å². The van der Waals surface area contributed by atoms with E-state index >= 15 is 0 Å². The quantitative estimate of drug-likeness (QED) is 0.530. The highest BCUT2D eigenvalue weighted by Crippen LogP contribution is 2.37. The Hall–Kier alpha value is -2.29. The van der Waals surface area contributed by atoms with Crippen molar-refractivity contribution in [3.63, 3.8) is 0 Å². The van der Waals surface area contributed by atoms with E-state index in [2.05, 4.69) is 21.0 Å². The van der Waals surface area contributed by atoms with Crippen LogP contribution in [0.15, 0.2) is 35.7 Å². The summed E-state index contributed by atoms with van der Waals surface area (Å²) < 4.78 is 0. The van der Waals surface area contributed by atoms with E-state index in [1.807, 2.05) is 38.3 Å². The summed E-state index contributed by atoms with van der Waals surface area (Å²) in [5.74, 6) is 0. The molecular formula is C18H15ClN4S. The third kappa shape index (κ3) is 2.79. The lowest BCUT2D eigenvalue weighted by molar-refractivity contribution is 0.971. The normalized spacial score (nSPS) is 10.6. The van der Waals surface area contributed by atoms with Gasteiger partial charge in [0.2, 0.25) is 0 Å². The second-order valence-corrected chi connectivity index (χ2v) is 6.56. The molecule has 1 N–H and O–H groups in total. The van der Waals surface area contributed by atoms with Crippen molar-refractivity contribution in [1.82, 2.24) is 15.0 Å². The molecule has 0 aliphatic rings. The van der Waals surface area contributed by atoms with Gasteiger partial charge < -0.3 is 4.98 Å². The molecule has 2 heterocycles. The maximum atomic E-state index is 9.61. The number of H-pyrrole nitrogens is 1. The summed E-state index contributed by atoms with van der Waals surface area (Å²) in [5, 5.41) is 11.0. The van der Waals surface area contributed by atoms with Crippen LogP contribution < -0.4 is 0 Å². The van der Waals surface area contributed by atoms with Crippen LogP contribution >= 0.6 is 23.4 Å². The molecule has 0 spiro atoms. The fourth-order valence-corrected chi connectivity index (χ4v) is 3.33. The van der Waals surface area contributed by atoms with E-state index in [0.717, 1.165) is 33.6 Å². The smallest absolute Gasteiger partial charge is 0.187 e. The number of hydrogen-bond donors (Lipinski definition) is 1. The van der Waals surface area contributed by atoms with Gasteiger partial charge in [-0.2, -0.15) is 5.26 Å². The number of nitrogens with zero attached hydrogens (tertiary/aromatic N) is 3. The zero-order valence-corrected chi connectivity index (χ0v) is 15.1. The highest BCUT2D eigenvalue weighted by molar-refractivity contribution is 7.98. The SMILES string of the molecule is CSc1ncc(-c2[nH]c(-c3c(C)cccc3Cl)c(C)c2C#N)cn1. The van der Waals surface area contributed by atoms with Crippen molar-refractivity contribution in [1.29, 1.82) is 5.26 Å². The Kier molecular flexibility index (Phi) is 4.61. The van der Waals surface area contributed by atoms with Crippen LogP contribution in [0.1, 0.15) is 16.7 Å². The van der Waals surface area contributed by atoms with Gasteiger partial charge in [0.1, 0.15) is 6.07 Å². The molecule has 120 valence electrons. The number of rotatable bonds is 3. The van der Waals surface area contributed by atoms with Crippen LogP contribution in [-0.2, 0) is 0 Å². The molecule has 0 fully saturated rings. The van der Waals surface area contributed by atoms with Gasteiger partial charge in [-0.3, -0.25) is 0 Å². The summed E-state index contributed by atoms with van der Waals surface area (Å²) in [6.45, 7) is 3.93. The van der Waals surface area contributed by atoms with E-state index < -0.39 is 0 Å².